The number of benzene rings is 2. The third kappa shape index (κ3) is 34.6. The highest BCUT2D eigenvalue weighted by Crippen LogP contribution is 2.40. The standard InChI is InChI=1S/C63H108O3S/c1-5-9-12-15-18-21-24-27-30-33-36-39-42-52-64-60-55-58(48-51-62(67)59-49-46-57(45-8-4)47-50-59)56-61(65-53-43-40-37-34-31-28-25-22-19-16-13-10-6-2)63(60)66-54-44-41-38-35-32-29-26-23-20-17-14-11-7-3/h46-51,55-56H,5-45,52-54H2,1-4H3. The molecule has 0 spiro atoms. The lowest BCUT2D eigenvalue weighted by molar-refractivity contribution is 0.234. The minimum Gasteiger partial charge on any atom is -0.490 e. The van der Waals surface area contributed by atoms with Gasteiger partial charge in [-0.05, 0) is 60.6 Å². The van der Waals surface area contributed by atoms with Gasteiger partial charge in [-0.2, -0.15) is 0 Å². The highest BCUT2D eigenvalue weighted by atomic mass is 32.1. The Labute approximate surface area is 422 Å². The first kappa shape index (κ1) is 60.8. The molecule has 0 saturated carbocycles. The van der Waals surface area contributed by atoms with Crippen molar-refractivity contribution >= 4 is 23.2 Å². The number of rotatable bonds is 50. The minimum absolute atomic E-state index is 0.690. The predicted molar refractivity (Wildman–Crippen MR) is 301 cm³/mol. The zero-order valence-corrected chi connectivity index (χ0v) is 45.7. The summed E-state index contributed by atoms with van der Waals surface area (Å²) in [7, 11) is 0. The Kier molecular flexibility index (Phi) is 41.8. The van der Waals surface area contributed by atoms with Gasteiger partial charge in [-0.1, -0.05) is 308 Å². The molecule has 2 aromatic carbocycles. The van der Waals surface area contributed by atoms with E-state index in [1.165, 1.54) is 237 Å². The van der Waals surface area contributed by atoms with Crippen molar-refractivity contribution in [1.29, 1.82) is 0 Å². The van der Waals surface area contributed by atoms with Crippen LogP contribution < -0.4 is 14.2 Å². The van der Waals surface area contributed by atoms with Crippen LogP contribution in [0.5, 0.6) is 17.2 Å². The van der Waals surface area contributed by atoms with E-state index in [-0.39, 0.29) is 0 Å². The highest BCUT2D eigenvalue weighted by molar-refractivity contribution is 7.81. The zero-order valence-electron chi connectivity index (χ0n) is 44.9. The molecule has 0 aliphatic carbocycles. The van der Waals surface area contributed by atoms with Crippen LogP contribution >= 0.6 is 12.2 Å². The van der Waals surface area contributed by atoms with Gasteiger partial charge in [0, 0.05) is 4.86 Å². The van der Waals surface area contributed by atoms with Crippen molar-refractivity contribution in [3.05, 3.63) is 59.2 Å². The first-order chi connectivity index (χ1) is 33.1. The molecule has 67 heavy (non-hydrogen) atoms. The Hall–Kier alpha value is -2.33. The fourth-order valence-electron chi connectivity index (χ4n) is 9.34. The molecule has 4 heteroatoms. The van der Waals surface area contributed by atoms with Crippen molar-refractivity contribution in [1.82, 2.24) is 0 Å². The van der Waals surface area contributed by atoms with Crippen LogP contribution in [0.3, 0.4) is 0 Å². The van der Waals surface area contributed by atoms with Gasteiger partial charge < -0.3 is 14.2 Å². The number of unbranched alkanes of at least 4 members (excludes halogenated alkanes) is 36. The van der Waals surface area contributed by atoms with Gasteiger partial charge in [0.25, 0.3) is 0 Å². The maximum atomic E-state index is 6.69. The Morgan fingerprint density at radius 3 is 0.985 bits per heavy atom. The molecule has 0 heterocycles. The van der Waals surface area contributed by atoms with Crippen molar-refractivity contribution < 1.29 is 14.2 Å². The molecular weight excluding hydrogens is 837 g/mol. The summed E-state index contributed by atoms with van der Waals surface area (Å²) in [5.41, 5.74) is 3.49. The summed E-state index contributed by atoms with van der Waals surface area (Å²) in [5.74, 6) is 2.41. The quantitative estimate of drug-likeness (QED) is 0.0286. The molecule has 0 saturated heterocycles. The van der Waals surface area contributed by atoms with Crippen LogP contribution in [0.2, 0.25) is 0 Å². The second-order valence-corrected chi connectivity index (χ2v) is 20.7. The molecule has 0 unspecified atom stereocenters. The van der Waals surface area contributed by atoms with Crippen molar-refractivity contribution in [2.75, 3.05) is 19.8 Å². The third-order valence-electron chi connectivity index (χ3n) is 13.8. The van der Waals surface area contributed by atoms with E-state index >= 15 is 0 Å². The largest absolute Gasteiger partial charge is 0.490 e. The smallest absolute Gasteiger partial charge is 0.203 e. The average molecular weight is 946 g/mol. The van der Waals surface area contributed by atoms with Gasteiger partial charge >= 0.3 is 0 Å². The van der Waals surface area contributed by atoms with Crippen molar-refractivity contribution in [3.8, 4) is 17.2 Å². The van der Waals surface area contributed by atoms with Crippen LogP contribution in [0, 0.1) is 0 Å². The monoisotopic (exact) mass is 945 g/mol. The predicted octanol–water partition coefficient (Wildman–Crippen LogP) is 21.5. The van der Waals surface area contributed by atoms with E-state index in [2.05, 4.69) is 76.2 Å². The SMILES string of the molecule is CCCCCCCCCCCCCCCOc1cc(C=CC(=S)c2ccc(CCC)cc2)cc(OCCCCCCCCCCCCCCC)c1OCCCCCCCCCCCCCCC. The Morgan fingerprint density at radius 1 is 0.373 bits per heavy atom. The van der Waals surface area contributed by atoms with Gasteiger partial charge in [0.1, 0.15) is 0 Å². The minimum atomic E-state index is 0.690. The van der Waals surface area contributed by atoms with Gasteiger partial charge in [0.15, 0.2) is 11.5 Å². The lowest BCUT2D eigenvalue weighted by atomic mass is 10.0. The maximum Gasteiger partial charge on any atom is 0.203 e. The number of allylic oxidation sites excluding steroid dienone is 1. The van der Waals surface area contributed by atoms with Crippen molar-refractivity contribution in [2.45, 2.75) is 291 Å². The van der Waals surface area contributed by atoms with Crippen molar-refractivity contribution in [2.24, 2.45) is 0 Å². The van der Waals surface area contributed by atoms with Crippen LogP contribution in [0.4, 0.5) is 0 Å². The summed E-state index contributed by atoms with van der Waals surface area (Å²) >= 11 is 5.93. The van der Waals surface area contributed by atoms with Crippen LogP contribution in [0.15, 0.2) is 42.5 Å². The van der Waals surface area contributed by atoms with E-state index in [0.717, 1.165) is 65.3 Å². The molecular formula is C63H108O3S. The lowest BCUT2D eigenvalue weighted by Gasteiger charge is -2.18. The van der Waals surface area contributed by atoms with Gasteiger partial charge in [0.2, 0.25) is 5.75 Å². The third-order valence-corrected chi connectivity index (χ3v) is 14.1. The summed E-state index contributed by atoms with van der Waals surface area (Å²) in [6, 6.07) is 13.1. The van der Waals surface area contributed by atoms with Crippen LogP contribution in [0.1, 0.15) is 301 Å². The molecule has 0 aliphatic rings. The van der Waals surface area contributed by atoms with Crippen LogP contribution in [-0.4, -0.2) is 24.7 Å². The van der Waals surface area contributed by atoms with Gasteiger partial charge in [-0.15, -0.1) is 0 Å². The zero-order chi connectivity index (χ0) is 47.9. The Balaban J connectivity index is 2.02. The molecule has 3 nitrogen and oxygen atoms in total. The van der Waals surface area contributed by atoms with E-state index in [1.54, 1.807) is 0 Å². The van der Waals surface area contributed by atoms with E-state index < -0.39 is 0 Å². The van der Waals surface area contributed by atoms with Crippen LogP contribution in [-0.2, 0) is 6.42 Å². The topological polar surface area (TPSA) is 27.7 Å². The first-order valence-corrected chi connectivity index (χ1v) is 29.9. The molecule has 0 fully saturated rings. The van der Waals surface area contributed by atoms with Gasteiger partial charge in [-0.25, -0.2) is 0 Å². The fraction of sp³-hybridized carbons (Fsp3) is 0.762. The summed E-state index contributed by atoms with van der Waals surface area (Å²) in [6.07, 6.45) is 58.9. The lowest BCUT2D eigenvalue weighted by Crippen LogP contribution is -2.07. The van der Waals surface area contributed by atoms with Crippen LogP contribution in [0.25, 0.3) is 6.08 Å². The number of thiocarbonyl (C=S) groups is 1. The summed E-state index contributed by atoms with van der Waals surface area (Å²) in [5, 5.41) is 0. The van der Waals surface area contributed by atoms with E-state index in [4.69, 9.17) is 26.4 Å². The summed E-state index contributed by atoms with van der Waals surface area (Å²) in [6.45, 7) is 11.2. The van der Waals surface area contributed by atoms with Crippen molar-refractivity contribution in [3.63, 3.8) is 0 Å². The number of ether oxygens (including phenoxy) is 3. The molecule has 0 radical (unpaired) electrons. The van der Waals surface area contributed by atoms with Gasteiger partial charge in [0.05, 0.1) is 19.8 Å². The van der Waals surface area contributed by atoms with Gasteiger partial charge in [-0.3, -0.25) is 0 Å². The maximum absolute atomic E-state index is 6.69. The number of aryl methyl sites for hydroxylation is 1. The first-order valence-electron chi connectivity index (χ1n) is 29.5. The molecule has 0 bridgehead atoms. The van der Waals surface area contributed by atoms with E-state index in [1.807, 2.05) is 0 Å². The molecule has 384 valence electrons. The Bertz CT molecular complexity index is 1360. The Morgan fingerprint density at radius 2 is 0.672 bits per heavy atom. The number of hydrogen-bond donors (Lipinski definition) is 0. The average Bonchev–Trinajstić information content (AvgIpc) is 3.34. The summed E-state index contributed by atoms with van der Waals surface area (Å²) in [4.78, 5) is 0.842. The second kappa shape index (κ2) is 46.1. The molecule has 0 amide bonds. The van der Waals surface area contributed by atoms with E-state index in [0.29, 0.717) is 19.8 Å². The van der Waals surface area contributed by atoms with E-state index in [9.17, 15) is 0 Å². The summed E-state index contributed by atoms with van der Waals surface area (Å²) < 4.78 is 20.0. The normalized spacial score (nSPS) is 11.5. The molecule has 0 aromatic heterocycles. The highest BCUT2D eigenvalue weighted by Gasteiger charge is 2.16. The second-order valence-electron chi connectivity index (χ2n) is 20.3. The molecule has 0 aliphatic heterocycles. The number of hydrogen-bond acceptors (Lipinski definition) is 4. The fourth-order valence-corrected chi connectivity index (χ4v) is 9.54. The molecule has 0 atom stereocenters. The molecule has 0 N–H and O–H groups in total. The molecule has 2 rings (SSSR count). The molecule has 2 aromatic rings.